The molecule has 0 spiro atoms. The monoisotopic (exact) mass is 600 g/mol. The van der Waals surface area contributed by atoms with E-state index < -0.39 is 0 Å². The van der Waals surface area contributed by atoms with E-state index in [0.29, 0.717) is 11.1 Å². The number of benzene rings is 4. The summed E-state index contributed by atoms with van der Waals surface area (Å²) in [6.07, 6.45) is 0. The molecule has 0 saturated carbocycles. The van der Waals surface area contributed by atoms with Crippen molar-refractivity contribution >= 4 is 21.5 Å². The summed E-state index contributed by atoms with van der Waals surface area (Å²) in [5, 5.41) is 31.8. The Morgan fingerprint density at radius 3 is 1.18 bits per heavy atom. The molecule has 3 nitrogen and oxygen atoms in total. The zero-order valence-electron chi connectivity index (χ0n) is 16.0. The summed E-state index contributed by atoms with van der Waals surface area (Å²) in [6, 6.07) is 22.9. The van der Waals surface area contributed by atoms with Gasteiger partial charge < -0.3 is 22.7 Å². The van der Waals surface area contributed by atoms with E-state index in [-0.39, 0.29) is 117 Å². The van der Waals surface area contributed by atoms with Crippen molar-refractivity contribution in [2.24, 2.45) is 0 Å². The maximum absolute atomic E-state index is 10.4. The molecule has 0 aromatic heterocycles. The summed E-state index contributed by atoms with van der Waals surface area (Å²) in [4.78, 5) is 0. The zero-order valence-corrected chi connectivity index (χ0v) is 24.5. The molecule has 137 valence electrons. The van der Waals surface area contributed by atoms with Crippen LogP contribution in [-0.2, 0) is 98.1 Å². The molecule has 0 aliphatic rings. The van der Waals surface area contributed by atoms with Crippen LogP contribution in [0.15, 0.2) is 72.8 Å². The van der Waals surface area contributed by atoms with Gasteiger partial charge in [-0.2, -0.15) is 0 Å². The minimum atomic E-state index is 0. The van der Waals surface area contributed by atoms with Gasteiger partial charge in [-0.25, -0.2) is 0 Å². The number of aliphatic hydroxyl groups excluding tert-OH is 1. The fourth-order valence-electron chi connectivity index (χ4n) is 3.05. The van der Waals surface area contributed by atoms with Crippen molar-refractivity contribution in [2.45, 2.75) is 0 Å². The van der Waals surface area contributed by atoms with Crippen molar-refractivity contribution in [3.8, 4) is 22.6 Å². The summed E-state index contributed by atoms with van der Waals surface area (Å²) in [7, 11) is 1.00. The van der Waals surface area contributed by atoms with Crippen molar-refractivity contribution in [2.75, 3.05) is 7.11 Å². The zero-order chi connectivity index (χ0) is 17.1. The second-order valence-corrected chi connectivity index (χ2v) is 5.36. The molecule has 0 bridgehead atoms. The minimum absolute atomic E-state index is 0. The van der Waals surface area contributed by atoms with Gasteiger partial charge in [0.2, 0.25) is 0 Å². The average Bonchev–Trinajstić information content (AvgIpc) is 2.64. The van der Waals surface area contributed by atoms with Gasteiger partial charge in [-0.3, -0.25) is 0 Å². The quantitative estimate of drug-likeness (QED) is 0.266. The van der Waals surface area contributed by atoms with Gasteiger partial charge in [0.1, 0.15) is 11.5 Å². The van der Waals surface area contributed by atoms with E-state index in [4.69, 9.17) is 5.11 Å². The van der Waals surface area contributed by atoms with Gasteiger partial charge in [-0.05, 0) is 33.7 Å². The first-order chi connectivity index (χ1) is 11.8. The first-order valence-electron chi connectivity index (χ1n) is 7.62. The molecule has 4 rings (SSSR count). The Hall–Kier alpha value is 0.272. The number of aliphatic hydroxyl groups is 1. The van der Waals surface area contributed by atoms with Crippen molar-refractivity contribution in [3.05, 3.63) is 80.2 Å². The summed E-state index contributed by atoms with van der Waals surface area (Å²) in [5.41, 5.74) is 1.35. The first-order valence-corrected chi connectivity index (χ1v) is 7.62. The van der Waals surface area contributed by atoms with Crippen LogP contribution in [0.4, 0.5) is 0 Å². The van der Waals surface area contributed by atoms with Crippen LogP contribution < -0.4 is 0 Å². The predicted octanol–water partition coefficient (Wildman–Crippen LogP) is 5.12. The maximum atomic E-state index is 10.4. The second kappa shape index (κ2) is 14.3. The van der Waals surface area contributed by atoms with E-state index in [1.165, 1.54) is 0 Å². The SMILES string of the molecule is CO.Oc1ccc2ccccc2c1-c1c(O)ccc2ccccc12.[CH3-].[Y].[Y].[Y]. The third-order valence-corrected chi connectivity index (χ3v) is 4.06. The molecule has 4 aromatic carbocycles. The van der Waals surface area contributed by atoms with Crippen LogP contribution in [0.25, 0.3) is 32.7 Å². The second-order valence-electron chi connectivity index (χ2n) is 5.36. The van der Waals surface area contributed by atoms with Crippen LogP contribution in [-0.4, -0.2) is 22.4 Å². The summed E-state index contributed by atoms with van der Waals surface area (Å²) < 4.78 is 0. The number of rotatable bonds is 1. The Morgan fingerprint density at radius 2 is 0.821 bits per heavy atom. The van der Waals surface area contributed by atoms with Crippen molar-refractivity contribution in [1.29, 1.82) is 0 Å². The third-order valence-electron chi connectivity index (χ3n) is 4.06. The van der Waals surface area contributed by atoms with E-state index >= 15 is 0 Å². The maximum Gasteiger partial charge on any atom is 0.124 e. The molecule has 0 unspecified atom stereocenters. The topological polar surface area (TPSA) is 60.7 Å². The molecule has 3 N–H and O–H groups in total. The smallest absolute Gasteiger partial charge is 0.124 e. The summed E-state index contributed by atoms with van der Waals surface area (Å²) >= 11 is 0. The predicted molar refractivity (Wildman–Crippen MR) is 105 cm³/mol. The van der Waals surface area contributed by atoms with E-state index in [9.17, 15) is 10.2 Å². The van der Waals surface area contributed by atoms with Crippen molar-refractivity contribution in [1.82, 2.24) is 0 Å². The van der Waals surface area contributed by atoms with Gasteiger partial charge in [0.25, 0.3) is 0 Å². The Kier molecular flexibility index (Phi) is 15.6. The summed E-state index contributed by atoms with van der Waals surface area (Å²) in [5.74, 6) is 0.343. The minimum Gasteiger partial charge on any atom is -0.507 e. The van der Waals surface area contributed by atoms with Crippen molar-refractivity contribution in [3.63, 3.8) is 0 Å². The molecule has 3 radical (unpaired) electrons. The van der Waals surface area contributed by atoms with E-state index in [1.54, 1.807) is 12.1 Å². The largest absolute Gasteiger partial charge is 0.507 e. The summed E-state index contributed by atoms with van der Waals surface area (Å²) in [6.45, 7) is 0. The van der Waals surface area contributed by atoms with Crippen molar-refractivity contribution < 1.29 is 113 Å². The number of fused-ring (bicyclic) bond motifs is 2. The number of aromatic hydroxyl groups is 2. The van der Waals surface area contributed by atoms with Crippen LogP contribution in [0.5, 0.6) is 11.5 Å². The van der Waals surface area contributed by atoms with E-state index in [1.807, 2.05) is 60.7 Å². The Morgan fingerprint density at radius 1 is 0.500 bits per heavy atom. The van der Waals surface area contributed by atoms with Gasteiger partial charge in [0.15, 0.2) is 0 Å². The Bertz CT molecular complexity index is 937. The van der Waals surface area contributed by atoms with Gasteiger partial charge >= 0.3 is 0 Å². The molecular formula is C22H21O3Y3-. The van der Waals surface area contributed by atoms with Gasteiger partial charge in [0, 0.05) is 116 Å². The standard InChI is InChI=1S/C20H14O2.CH4O.CH3.3Y/c21-17-11-9-13-5-1-3-7-15(13)19(17)20-16-8-4-2-6-14(16)10-12-18(20)22;1-2;;;;/h1-12,21-22H;2H,1H3;1H3;;;/q;;-1;;;. The van der Waals surface area contributed by atoms with Gasteiger partial charge in [0.05, 0.1) is 0 Å². The molecule has 0 aliphatic carbocycles. The number of hydrogen-bond donors (Lipinski definition) is 3. The van der Waals surface area contributed by atoms with Crippen LogP contribution in [0, 0.1) is 7.43 Å². The molecule has 0 saturated heterocycles. The number of hydrogen-bond acceptors (Lipinski definition) is 3. The number of phenolic OH excluding ortho intramolecular Hbond substituents is 2. The molecule has 28 heavy (non-hydrogen) atoms. The molecule has 0 atom stereocenters. The third kappa shape index (κ3) is 6.14. The normalized spacial score (nSPS) is 8.93. The Labute approximate surface area is 241 Å². The molecule has 0 fully saturated rings. The van der Waals surface area contributed by atoms with Gasteiger partial charge in [-0.1, -0.05) is 60.7 Å². The Balaban J connectivity index is 0. The van der Waals surface area contributed by atoms with E-state index in [2.05, 4.69) is 0 Å². The molecular weight excluding hydrogens is 579 g/mol. The average molecular weight is 600 g/mol. The fraction of sp³-hybridized carbons (Fsp3) is 0.0455. The van der Waals surface area contributed by atoms with Crippen LogP contribution in [0.2, 0.25) is 0 Å². The van der Waals surface area contributed by atoms with Gasteiger partial charge in [-0.15, -0.1) is 0 Å². The molecule has 4 aromatic rings. The fourth-order valence-corrected chi connectivity index (χ4v) is 3.05. The molecule has 0 amide bonds. The van der Waals surface area contributed by atoms with Crippen LogP contribution in [0.3, 0.4) is 0 Å². The first kappa shape index (κ1) is 30.5. The van der Waals surface area contributed by atoms with Crippen LogP contribution in [0.1, 0.15) is 0 Å². The van der Waals surface area contributed by atoms with Crippen LogP contribution >= 0.6 is 0 Å². The number of phenols is 2. The molecule has 0 aliphatic heterocycles. The molecule has 0 heterocycles. The molecule has 6 heteroatoms. The van der Waals surface area contributed by atoms with E-state index in [0.717, 1.165) is 28.7 Å².